The van der Waals surface area contributed by atoms with Gasteiger partial charge in [-0.1, -0.05) is 0 Å². The van der Waals surface area contributed by atoms with Crippen LogP contribution in [0.15, 0.2) is 5.38 Å². The molecule has 11 heteroatoms. The van der Waals surface area contributed by atoms with Gasteiger partial charge in [0.05, 0.1) is 13.0 Å². The number of alkyl halides is 4. The average Bonchev–Trinajstić information content (AvgIpc) is 3.05. The maximum atomic E-state index is 14.0. The van der Waals surface area contributed by atoms with Gasteiger partial charge in [0.1, 0.15) is 5.01 Å². The number of halogens is 4. The summed E-state index contributed by atoms with van der Waals surface area (Å²) < 4.78 is 53.9. The van der Waals surface area contributed by atoms with E-state index in [1.54, 1.807) is 0 Å². The molecule has 0 aromatic carbocycles. The summed E-state index contributed by atoms with van der Waals surface area (Å²) in [7, 11) is 0. The van der Waals surface area contributed by atoms with Crippen LogP contribution in [0.1, 0.15) is 23.5 Å². The van der Waals surface area contributed by atoms with E-state index >= 15 is 0 Å². The summed E-state index contributed by atoms with van der Waals surface area (Å²) in [6.45, 7) is 0.238. The van der Waals surface area contributed by atoms with Crippen LogP contribution in [-0.2, 0) is 15.2 Å². The first-order chi connectivity index (χ1) is 10.9. The molecule has 1 aromatic heterocycles. The normalized spacial score (nSPS) is 24.0. The van der Waals surface area contributed by atoms with E-state index in [-0.39, 0.29) is 12.2 Å². The van der Waals surface area contributed by atoms with Crippen molar-refractivity contribution in [1.29, 1.82) is 0 Å². The number of likely N-dealkylation sites (tertiary alicyclic amines) is 1. The number of hydrogen-bond donors (Lipinski definition) is 2. The molecule has 2 heterocycles. The molecule has 24 heavy (non-hydrogen) atoms. The lowest BCUT2D eigenvalue weighted by atomic mass is 9.99. The molecule has 0 spiro atoms. The van der Waals surface area contributed by atoms with E-state index in [0.717, 1.165) is 0 Å². The summed E-state index contributed by atoms with van der Waals surface area (Å²) in [6, 6.07) is 0. The second-order valence-corrected chi connectivity index (χ2v) is 6.52. The average molecular weight is 370 g/mol. The number of thiazole rings is 1. The molecule has 0 saturated carbocycles. The van der Waals surface area contributed by atoms with Crippen LogP contribution in [0.3, 0.4) is 0 Å². The number of carbonyl (C=O) groups is 2. The molecule has 0 radical (unpaired) electrons. The van der Waals surface area contributed by atoms with Gasteiger partial charge in [-0.3, -0.25) is 4.79 Å². The van der Waals surface area contributed by atoms with Gasteiger partial charge in [0.25, 0.3) is 0 Å². The van der Waals surface area contributed by atoms with Crippen molar-refractivity contribution >= 4 is 23.2 Å². The molecule has 2 N–H and O–H groups in total. The van der Waals surface area contributed by atoms with Gasteiger partial charge in [0, 0.05) is 24.0 Å². The quantitative estimate of drug-likeness (QED) is 0.786. The Morgan fingerprint density at radius 2 is 2.08 bits per heavy atom. The highest BCUT2D eigenvalue weighted by atomic mass is 32.1. The first-order valence-electron chi connectivity index (χ1n) is 6.81. The highest BCUT2D eigenvalue weighted by Crippen LogP contribution is 2.43. The smallest absolute Gasteiger partial charge is 0.424 e. The zero-order chi connectivity index (χ0) is 18.3. The third-order valence-electron chi connectivity index (χ3n) is 3.80. The van der Waals surface area contributed by atoms with Crippen LogP contribution in [-0.4, -0.2) is 56.9 Å². The number of amides is 1. The van der Waals surface area contributed by atoms with Gasteiger partial charge >= 0.3 is 12.1 Å². The van der Waals surface area contributed by atoms with Crippen LogP contribution in [0.25, 0.3) is 0 Å². The van der Waals surface area contributed by atoms with E-state index in [0.29, 0.717) is 16.2 Å². The third kappa shape index (κ3) is 3.22. The fraction of sp³-hybridized carbons (Fsp3) is 0.615. The predicted molar refractivity (Wildman–Crippen MR) is 74.1 cm³/mol. The van der Waals surface area contributed by atoms with E-state index in [4.69, 9.17) is 5.11 Å². The molecule has 0 bridgehead atoms. The Kier molecular flexibility index (Phi) is 4.61. The van der Waals surface area contributed by atoms with E-state index in [1.165, 1.54) is 12.3 Å². The summed E-state index contributed by atoms with van der Waals surface area (Å²) >= 11 is 0.553. The Labute approximate surface area is 137 Å². The van der Waals surface area contributed by atoms with E-state index in [2.05, 4.69) is 4.98 Å². The molecule has 1 fully saturated rings. The van der Waals surface area contributed by atoms with Crippen molar-refractivity contribution in [3.63, 3.8) is 0 Å². The van der Waals surface area contributed by atoms with Crippen LogP contribution in [0.4, 0.5) is 17.6 Å². The number of nitrogens with zero attached hydrogens (tertiary/aromatic N) is 2. The summed E-state index contributed by atoms with van der Waals surface area (Å²) in [6.07, 6.45) is -7.08. The SMILES string of the molecule is Cc1csc(C(O)(CC(=O)N2CCC(F)(C(=O)O)C2)C(F)(F)F)n1. The highest BCUT2D eigenvalue weighted by Gasteiger charge is 2.59. The monoisotopic (exact) mass is 370 g/mol. The molecule has 6 nitrogen and oxygen atoms in total. The molecule has 1 amide bonds. The zero-order valence-corrected chi connectivity index (χ0v) is 13.2. The third-order valence-corrected chi connectivity index (χ3v) is 4.92. The number of hydrogen-bond acceptors (Lipinski definition) is 5. The largest absolute Gasteiger partial charge is 0.479 e. The number of carbonyl (C=O) groups excluding carboxylic acids is 1. The number of carboxylic acids is 1. The maximum Gasteiger partial charge on any atom is 0.424 e. The fourth-order valence-corrected chi connectivity index (χ4v) is 3.25. The lowest BCUT2D eigenvalue weighted by Gasteiger charge is -2.29. The van der Waals surface area contributed by atoms with Gasteiger partial charge in [0.15, 0.2) is 0 Å². The van der Waals surface area contributed by atoms with Gasteiger partial charge in [-0.15, -0.1) is 11.3 Å². The molecule has 1 aliphatic heterocycles. The van der Waals surface area contributed by atoms with E-state index in [9.17, 15) is 32.3 Å². The first kappa shape index (κ1) is 18.6. The van der Waals surface area contributed by atoms with Gasteiger partial charge in [-0.05, 0) is 6.92 Å². The summed E-state index contributed by atoms with van der Waals surface area (Å²) in [5.74, 6) is -2.97. The first-order valence-corrected chi connectivity index (χ1v) is 7.69. The zero-order valence-electron chi connectivity index (χ0n) is 12.4. The predicted octanol–water partition coefficient (Wildman–Crippen LogP) is 1.62. The van der Waals surface area contributed by atoms with Crippen molar-refractivity contribution in [3.8, 4) is 0 Å². The summed E-state index contributed by atoms with van der Waals surface area (Å²) in [5.41, 5.74) is -5.95. The van der Waals surface area contributed by atoms with E-state index < -0.39 is 53.7 Å². The Morgan fingerprint density at radius 1 is 1.46 bits per heavy atom. The molecule has 2 rings (SSSR count). The highest BCUT2D eigenvalue weighted by molar-refractivity contribution is 7.09. The molecule has 0 aliphatic carbocycles. The lowest BCUT2D eigenvalue weighted by molar-refractivity contribution is -0.268. The molecular formula is C13H14F4N2O4S. The molecule has 1 aromatic rings. The standard InChI is InChI=1S/C13H14F4N2O4S/c1-7-5-24-9(18-7)12(23,13(15,16)17)4-8(20)19-3-2-11(14,6-19)10(21)22/h5,23H,2-4,6H2,1H3,(H,21,22). The van der Waals surface area contributed by atoms with Gasteiger partial charge in [0.2, 0.25) is 17.2 Å². The fourth-order valence-electron chi connectivity index (χ4n) is 2.33. The van der Waals surface area contributed by atoms with Crippen LogP contribution < -0.4 is 0 Å². The number of aliphatic carboxylic acids is 1. The number of aromatic nitrogens is 1. The minimum atomic E-state index is -5.17. The van der Waals surface area contributed by atoms with Crippen molar-refractivity contribution in [2.24, 2.45) is 0 Å². The van der Waals surface area contributed by atoms with Gasteiger partial charge in [-0.2, -0.15) is 13.2 Å². The maximum absolute atomic E-state index is 14.0. The number of aliphatic hydroxyl groups is 1. The van der Waals surface area contributed by atoms with Crippen molar-refractivity contribution in [2.75, 3.05) is 13.1 Å². The van der Waals surface area contributed by atoms with Crippen LogP contribution in [0.2, 0.25) is 0 Å². The second kappa shape index (κ2) is 5.96. The minimum absolute atomic E-state index is 0.250. The number of aryl methyl sites for hydroxylation is 1. The molecular weight excluding hydrogens is 356 g/mol. The lowest BCUT2D eigenvalue weighted by Crippen LogP contribution is -2.47. The molecule has 134 valence electrons. The minimum Gasteiger partial charge on any atom is -0.479 e. The summed E-state index contributed by atoms with van der Waals surface area (Å²) in [4.78, 5) is 27.2. The van der Waals surface area contributed by atoms with Crippen LogP contribution in [0, 0.1) is 6.92 Å². The van der Waals surface area contributed by atoms with Crippen molar-refractivity contribution < 1.29 is 37.4 Å². The van der Waals surface area contributed by atoms with Gasteiger partial charge in [-0.25, -0.2) is 14.2 Å². The Bertz CT molecular complexity index is 665. The molecule has 2 unspecified atom stereocenters. The number of carboxylic acid groups (broad SMARTS) is 1. The van der Waals surface area contributed by atoms with Gasteiger partial charge < -0.3 is 15.1 Å². The summed E-state index contributed by atoms with van der Waals surface area (Å²) in [5, 5.41) is 19.4. The molecule has 1 aliphatic rings. The second-order valence-electron chi connectivity index (χ2n) is 5.66. The Morgan fingerprint density at radius 3 is 2.50 bits per heavy atom. The van der Waals surface area contributed by atoms with Crippen LogP contribution >= 0.6 is 11.3 Å². The van der Waals surface area contributed by atoms with Crippen molar-refractivity contribution in [3.05, 3.63) is 16.1 Å². The molecule has 2 atom stereocenters. The van der Waals surface area contributed by atoms with Crippen molar-refractivity contribution in [2.45, 2.75) is 37.2 Å². The topological polar surface area (TPSA) is 90.7 Å². The van der Waals surface area contributed by atoms with Crippen LogP contribution in [0.5, 0.6) is 0 Å². The van der Waals surface area contributed by atoms with Crippen molar-refractivity contribution in [1.82, 2.24) is 9.88 Å². The molecule has 1 saturated heterocycles. The van der Waals surface area contributed by atoms with E-state index in [1.807, 2.05) is 0 Å². The Hall–Kier alpha value is -1.75. The Balaban J connectivity index is 2.22. The number of rotatable bonds is 4.